The summed E-state index contributed by atoms with van der Waals surface area (Å²) < 4.78 is 32.5. The van der Waals surface area contributed by atoms with Crippen molar-refractivity contribution in [3.63, 3.8) is 0 Å². The molecule has 35 heavy (non-hydrogen) atoms. The Labute approximate surface area is 215 Å². The zero-order valence-corrected chi connectivity index (χ0v) is 21.9. The second-order valence-corrected chi connectivity index (χ2v) is 12.2. The van der Waals surface area contributed by atoms with Gasteiger partial charge in [0.2, 0.25) is 9.84 Å². The summed E-state index contributed by atoms with van der Waals surface area (Å²) in [5.41, 5.74) is 5.60. The van der Waals surface area contributed by atoms with Crippen molar-refractivity contribution in [3.8, 4) is 0 Å². The lowest BCUT2D eigenvalue weighted by molar-refractivity contribution is 0.0546. The molecule has 2 aliphatic rings. The molecule has 2 heterocycles. The minimum Gasteiger partial charge on any atom is -0.378 e. The molecule has 1 aliphatic heterocycles. The molecular formula is C27H27ClN2O3S2. The maximum atomic E-state index is 13.4. The number of allylic oxidation sites excluding steroid dienone is 2. The summed E-state index contributed by atoms with van der Waals surface area (Å²) in [7, 11) is -3.81. The molecular weight excluding hydrogens is 500 g/mol. The Bertz CT molecular complexity index is 1370. The lowest BCUT2D eigenvalue weighted by atomic mass is 9.89. The summed E-state index contributed by atoms with van der Waals surface area (Å²) in [6.07, 6.45) is 4.99. The molecule has 0 saturated carbocycles. The first-order valence-corrected chi connectivity index (χ1v) is 14.4. The van der Waals surface area contributed by atoms with Crippen molar-refractivity contribution in [1.82, 2.24) is 9.88 Å². The molecule has 1 saturated heterocycles. The molecule has 5 nitrogen and oxygen atoms in total. The van der Waals surface area contributed by atoms with E-state index in [0.717, 1.165) is 54.7 Å². The van der Waals surface area contributed by atoms with Crippen LogP contribution in [0.3, 0.4) is 0 Å². The van der Waals surface area contributed by atoms with Gasteiger partial charge in [-0.1, -0.05) is 59.6 Å². The van der Waals surface area contributed by atoms with Crippen LogP contribution in [0.25, 0.3) is 11.6 Å². The maximum absolute atomic E-state index is 13.4. The van der Waals surface area contributed by atoms with Crippen molar-refractivity contribution in [3.05, 3.63) is 86.3 Å². The van der Waals surface area contributed by atoms with Gasteiger partial charge in [0, 0.05) is 24.4 Å². The largest absolute Gasteiger partial charge is 0.378 e. The highest BCUT2D eigenvalue weighted by Crippen LogP contribution is 2.43. The summed E-state index contributed by atoms with van der Waals surface area (Å²) >= 11 is 7.79. The van der Waals surface area contributed by atoms with Gasteiger partial charge >= 0.3 is 0 Å². The topological polar surface area (TPSA) is 59.5 Å². The number of hydrogen-bond acceptors (Lipinski definition) is 6. The molecule has 0 spiro atoms. The predicted octanol–water partition coefficient (Wildman–Crippen LogP) is 6.25. The molecule has 8 heteroatoms. The van der Waals surface area contributed by atoms with E-state index in [1.807, 2.05) is 25.1 Å². The minimum absolute atomic E-state index is 0.0593. The van der Waals surface area contributed by atoms with Crippen LogP contribution in [0.5, 0.6) is 0 Å². The first-order chi connectivity index (χ1) is 16.9. The van der Waals surface area contributed by atoms with Crippen molar-refractivity contribution in [2.45, 2.75) is 36.1 Å². The van der Waals surface area contributed by atoms with Crippen LogP contribution in [-0.2, 0) is 14.6 Å². The Balaban J connectivity index is 1.62. The van der Waals surface area contributed by atoms with Crippen molar-refractivity contribution in [2.24, 2.45) is 0 Å². The monoisotopic (exact) mass is 526 g/mol. The fourth-order valence-electron chi connectivity index (χ4n) is 4.58. The number of rotatable bonds is 5. The summed E-state index contributed by atoms with van der Waals surface area (Å²) in [6, 6.07) is 17.1. The summed E-state index contributed by atoms with van der Waals surface area (Å²) in [4.78, 5) is 7.21. The number of sulfone groups is 1. The van der Waals surface area contributed by atoms with Crippen molar-refractivity contribution in [1.29, 1.82) is 0 Å². The van der Waals surface area contributed by atoms with Crippen LogP contribution >= 0.6 is 22.9 Å². The number of hydrogen-bond donors (Lipinski definition) is 0. The van der Waals surface area contributed by atoms with Crippen LogP contribution < -0.4 is 0 Å². The number of morpholine rings is 1. The molecule has 1 aromatic heterocycles. The number of nitrogens with zero attached hydrogens (tertiary/aromatic N) is 2. The van der Waals surface area contributed by atoms with Crippen LogP contribution in [0, 0.1) is 6.92 Å². The van der Waals surface area contributed by atoms with E-state index >= 15 is 0 Å². The van der Waals surface area contributed by atoms with E-state index in [9.17, 15) is 8.42 Å². The highest BCUT2D eigenvalue weighted by molar-refractivity contribution is 7.91. The molecule has 2 aromatic carbocycles. The summed E-state index contributed by atoms with van der Waals surface area (Å²) in [5.74, 6) is 0. The average molecular weight is 527 g/mol. The average Bonchev–Trinajstić information content (AvgIpc) is 3.28. The van der Waals surface area contributed by atoms with Gasteiger partial charge in [-0.05, 0) is 55.5 Å². The summed E-state index contributed by atoms with van der Waals surface area (Å²) in [5, 5.41) is 0.622. The van der Waals surface area contributed by atoms with Gasteiger partial charge in [0.15, 0.2) is 5.03 Å². The van der Waals surface area contributed by atoms with E-state index in [2.05, 4.69) is 28.1 Å². The van der Waals surface area contributed by atoms with E-state index in [1.165, 1.54) is 16.9 Å². The Kier molecular flexibility index (Phi) is 7.12. The molecule has 0 atom stereocenters. The molecule has 0 radical (unpaired) electrons. The lowest BCUT2D eigenvalue weighted by Gasteiger charge is -2.36. The quantitative estimate of drug-likeness (QED) is 0.393. The normalized spacial score (nSPS) is 18.3. The molecule has 1 fully saturated rings. The fourth-order valence-corrected chi connectivity index (χ4v) is 7.56. The van der Waals surface area contributed by atoms with Crippen LogP contribution in [0.15, 0.2) is 75.8 Å². The van der Waals surface area contributed by atoms with E-state index in [1.54, 1.807) is 24.3 Å². The first kappa shape index (κ1) is 24.3. The van der Waals surface area contributed by atoms with E-state index < -0.39 is 9.84 Å². The summed E-state index contributed by atoms with van der Waals surface area (Å²) in [6.45, 7) is 4.84. The number of halogens is 1. The van der Waals surface area contributed by atoms with E-state index in [4.69, 9.17) is 16.3 Å². The van der Waals surface area contributed by atoms with Crippen LogP contribution in [0.1, 0.15) is 35.4 Å². The highest BCUT2D eigenvalue weighted by Gasteiger charge is 2.30. The molecule has 182 valence electrons. The second-order valence-electron chi connectivity index (χ2n) is 8.77. The Morgan fingerprint density at radius 2 is 1.74 bits per heavy atom. The number of aryl methyl sites for hydroxylation is 1. The second kappa shape index (κ2) is 10.3. The van der Waals surface area contributed by atoms with Gasteiger partial charge in [0.1, 0.15) is 9.34 Å². The maximum Gasteiger partial charge on any atom is 0.226 e. The van der Waals surface area contributed by atoms with Gasteiger partial charge in [0.25, 0.3) is 0 Å². The third kappa shape index (κ3) is 5.09. The van der Waals surface area contributed by atoms with Gasteiger partial charge in [-0.3, -0.25) is 0 Å². The predicted molar refractivity (Wildman–Crippen MR) is 141 cm³/mol. The molecule has 3 aromatic rings. The number of thiazole rings is 1. The van der Waals surface area contributed by atoms with E-state index in [0.29, 0.717) is 18.2 Å². The zero-order chi connectivity index (χ0) is 24.4. The van der Waals surface area contributed by atoms with Gasteiger partial charge < -0.3 is 9.64 Å². The third-order valence-electron chi connectivity index (χ3n) is 6.33. The SMILES string of the molecule is Cc1ccc(S(=O)(=O)c2nc(C3=C(N4CCOCC4)/C(=C\c4ccccc4)CCC3)sc2Cl)cc1. The van der Waals surface area contributed by atoms with Crippen LogP contribution in [0.4, 0.5) is 0 Å². The standard InChI is InChI=1S/C27H27ClN2O3S2/c1-19-10-12-22(13-11-19)35(31,32)27-25(28)34-26(29-27)23-9-5-8-21(18-20-6-3-2-4-7-20)24(23)30-14-16-33-17-15-30/h2-4,6-7,10-13,18H,5,8-9,14-17H2,1H3/b21-18-. The van der Waals surface area contributed by atoms with Gasteiger partial charge in [-0.2, -0.15) is 0 Å². The lowest BCUT2D eigenvalue weighted by Crippen LogP contribution is -2.37. The Morgan fingerprint density at radius 1 is 1.03 bits per heavy atom. The molecule has 1 aliphatic carbocycles. The smallest absolute Gasteiger partial charge is 0.226 e. The molecule has 0 bridgehead atoms. The number of ether oxygens (including phenoxy) is 1. The fraction of sp³-hybridized carbons (Fsp3) is 0.296. The minimum atomic E-state index is -3.81. The van der Waals surface area contributed by atoms with Crippen LogP contribution in [0.2, 0.25) is 4.34 Å². The molecule has 5 rings (SSSR count). The first-order valence-electron chi connectivity index (χ1n) is 11.7. The Morgan fingerprint density at radius 3 is 2.46 bits per heavy atom. The highest BCUT2D eigenvalue weighted by atomic mass is 35.5. The Hall–Kier alpha value is -2.45. The van der Waals surface area contributed by atoms with Crippen molar-refractivity contribution in [2.75, 3.05) is 26.3 Å². The third-order valence-corrected chi connectivity index (χ3v) is 9.58. The van der Waals surface area contributed by atoms with Crippen molar-refractivity contribution < 1.29 is 13.2 Å². The van der Waals surface area contributed by atoms with Crippen LogP contribution in [-0.4, -0.2) is 44.6 Å². The number of aromatic nitrogens is 1. The van der Waals surface area contributed by atoms with E-state index in [-0.39, 0.29) is 14.3 Å². The van der Waals surface area contributed by atoms with Gasteiger partial charge in [-0.15, -0.1) is 11.3 Å². The zero-order valence-electron chi connectivity index (χ0n) is 19.5. The molecule has 0 N–H and O–H groups in total. The van der Waals surface area contributed by atoms with Gasteiger partial charge in [0.05, 0.1) is 18.1 Å². The van der Waals surface area contributed by atoms with Gasteiger partial charge in [-0.25, -0.2) is 13.4 Å². The molecule has 0 unspecified atom stereocenters. The number of benzene rings is 2. The van der Waals surface area contributed by atoms with Crippen molar-refractivity contribution >= 4 is 44.4 Å². The molecule has 0 amide bonds.